The van der Waals surface area contributed by atoms with Gasteiger partial charge in [-0.25, -0.2) is 0 Å². The number of nitrogens with zero attached hydrogens (tertiary/aromatic N) is 1. The molecule has 3 aromatic rings. The second-order valence-corrected chi connectivity index (χ2v) is 10.3. The number of allylic oxidation sites excluding steroid dienone is 1. The van der Waals surface area contributed by atoms with Crippen molar-refractivity contribution in [2.45, 2.75) is 20.0 Å². The van der Waals surface area contributed by atoms with Crippen LogP contribution in [0.2, 0.25) is 0 Å². The van der Waals surface area contributed by atoms with E-state index in [2.05, 4.69) is 22.5 Å². The molecule has 1 aliphatic heterocycles. The Balaban J connectivity index is 1.52. The van der Waals surface area contributed by atoms with Gasteiger partial charge in [0.1, 0.15) is 19.0 Å². The lowest BCUT2D eigenvalue weighted by molar-refractivity contribution is -0.123. The largest absolute Gasteiger partial charge is 0.492 e. The minimum absolute atomic E-state index is 0.172. The molecular weight excluding hydrogens is 566 g/mol. The lowest BCUT2D eigenvalue weighted by Gasteiger charge is -2.17. The van der Waals surface area contributed by atoms with E-state index in [9.17, 15) is 9.59 Å². The van der Waals surface area contributed by atoms with Crippen molar-refractivity contribution in [2.24, 2.45) is 0 Å². The molecule has 0 bridgehead atoms. The zero-order valence-electron chi connectivity index (χ0n) is 21.0. The fourth-order valence-corrected chi connectivity index (χ4v) is 4.98. The fourth-order valence-electron chi connectivity index (χ4n) is 3.85. The van der Waals surface area contributed by atoms with Crippen molar-refractivity contribution in [3.05, 3.63) is 105 Å². The predicted molar refractivity (Wildman–Crippen MR) is 155 cm³/mol. The molecule has 0 N–H and O–H groups in total. The minimum atomic E-state index is -0.338. The Kier molecular flexibility index (Phi) is 9.67. The van der Waals surface area contributed by atoms with Crippen molar-refractivity contribution in [1.82, 2.24) is 4.90 Å². The zero-order chi connectivity index (χ0) is 26.9. The van der Waals surface area contributed by atoms with E-state index in [1.165, 1.54) is 4.90 Å². The lowest BCUT2D eigenvalue weighted by atomic mass is 10.0. The SMILES string of the molecule is C=CCc1cc(/C=C2\SC(=O)N(CCOc3ccccc3)C2=O)cc(OCC)c1OCc1ccc(Br)cc1. The van der Waals surface area contributed by atoms with Crippen LogP contribution in [0.15, 0.2) is 88.8 Å². The number of hydrogen-bond donors (Lipinski definition) is 0. The molecule has 1 aliphatic rings. The molecule has 1 fully saturated rings. The lowest BCUT2D eigenvalue weighted by Crippen LogP contribution is -2.32. The molecule has 1 saturated heterocycles. The zero-order valence-corrected chi connectivity index (χ0v) is 23.4. The molecule has 38 heavy (non-hydrogen) atoms. The van der Waals surface area contributed by atoms with Gasteiger partial charge in [0, 0.05) is 10.0 Å². The molecule has 196 valence electrons. The van der Waals surface area contributed by atoms with E-state index in [1.54, 1.807) is 12.2 Å². The van der Waals surface area contributed by atoms with Crippen molar-refractivity contribution in [2.75, 3.05) is 19.8 Å². The van der Waals surface area contributed by atoms with Crippen molar-refractivity contribution in [3.63, 3.8) is 0 Å². The number of halogens is 1. The van der Waals surface area contributed by atoms with Gasteiger partial charge in [-0.1, -0.05) is 52.3 Å². The third-order valence-corrected chi connectivity index (χ3v) is 7.05. The number of amides is 2. The van der Waals surface area contributed by atoms with E-state index in [0.717, 1.165) is 32.9 Å². The van der Waals surface area contributed by atoms with Gasteiger partial charge in [0.05, 0.1) is 18.1 Å². The third kappa shape index (κ3) is 7.08. The number of rotatable bonds is 12. The average molecular weight is 595 g/mol. The second-order valence-electron chi connectivity index (χ2n) is 8.34. The van der Waals surface area contributed by atoms with Crippen molar-refractivity contribution >= 4 is 44.9 Å². The molecule has 8 heteroatoms. The molecule has 6 nitrogen and oxygen atoms in total. The predicted octanol–water partition coefficient (Wildman–Crippen LogP) is 7.27. The van der Waals surface area contributed by atoms with Crippen LogP contribution in [0.1, 0.15) is 23.6 Å². The van der Waals surface area contributed by atoms with Crippen molar-refractivity contribution in [1.29, 1.82) is 0 Å². The molecule has 0 unspecified atom stereocenters. The summed E-state index contributed by atoms with van der Waals surface area (Å²) >= 11 is 4.37. The van der Waals surface area contributed by atoms with Gasteiger partial charge in [-0.2, -0.15) is 0 Å². The summed E-state index contributed by atoms with van der Waals surface area (Å²) in [7, 11) is 0. The van der Waals surface area contributed by atoms with Crippen LogP contribution in [-0.2, 0) is 17.8 Å². The molecule has 0 saturated carbocycles. The Morgan fingerprint density at radius 1 is 1.00 bits per heavy atom. The van der Waals surface area contributed by atoms with Crippen LogP contribution in [-0.4, -0.2) is 35.8 Å². The number of imide groups is 1. The van der Waals surface area contributed by atoms with Gasteiger partial charge in [-0.15, -0.1) is 6.58 Å². The highest BCUT2D eigenvalue weighted by Gasteiger charge is 2.35. The summed E-state index contributed by atoms with van der Waals surface area (Å²) in [6.45, 7) is 7.00. The van der Waals surface area contributed by atoms with E-state index < -0.39 is 0 Å². The van der Waals surface area contributed by atoms with Gasteiger partial charge in [0.15, 0.2) is 11.5 Å². The Bertz CT molecular complexity index is 1320. The van der Waals surface area contributed by atoms with Gasteiger partial charge in [0.25, 0.3) is 11.1 Å². The Morgan fingerprint density at radius 3 is 2.47 bits per heavy atom. The van der Waals surface area contributed by atoms with Crippen LogP contribution in [0, 0.1) is 0 Å². The number of ether oxygens (including phenoxy) is 3. The first-order valence-corrected chi connectivity index (χ1v) is 13.8. The smallest absolute Gasteiger partial charge is 0.293 e. The van der Waals surface area contributed by atoms with Crippen LogP contribution in [0.5, 0.6) is 17.2 Å². The number of hydrogen-bond acceptors (Lipinski definition) is 6. The number of carbonyl (C=O) groups is 2. The first kappa shape index (κ1) is 27.5. The maximum atomic E-state index is 13.0. The Labute approximate surface area is 235 Å². The topological polar surface area (TPSA) is 65.1 Å². The molecule has 0 aliphatic carbocycles. The van der Waals surface area contributed by atoms with Crippen LogP contribution in [0.25, 0.3) is 6.08 Å². The van der Waals surface area contributed by atoms with Crippen molar-refractivity contribution in [3.8, 4) is 17.2 Å². The molecule has 1 heterocycles. The van der Waals surface area contributed by atoms with Gasteiger partial charge in [-0.3, -0.25) is 14.5 Å². The number of thioether (sulfide) groups is 1. The summed E-state index contributed by atoms with van der Waals surface area (Å²) in [6, 6.07) is 21.0. The number of carbonyl (C=O) groups excluding carboxylic acids is 2. The Hall–Kier alpha value is -3.49. The van der Waals surface area contributed by atoms with E-state index in [4.69, 9.17) is 14.2 Å². The van der Waals surface area contributed by atoms with Gasteiger partial charge >= 0.3 is 0 Å². The van der Waals surface area contributed by atoms with E-state index in [1.807, 2.05) is 73.7 Å². The Morgan fingerprint density at radius 2 is 1.76 bits per heavy atom. The van der Waals surface area contributed by atoms with E-state index in [0.29, 0.717) is 41.8 Å². The molecule has 0 aromatic heterocycles. The summed E-state index contributed by atoms with van der Waals surface area (Å²) < 4.78 is 18.8. The van der Waals surface area contributed by atoms with Gasteiger partial charge in [0.2, 0.25) is 0 Å². The molecule has 2 amide bonds. The molecule has 3 aromatic carbocycles. The standard InChI is InChI=1S/C30H28BrNO5S/c1-3-8-23-17-22(18-26(35-4-2)28(23)37-20-21-11-13-24(31)14-12-21)19-27-29(33)32(30(34)38-27)15-16-36-25-9-6-5-7-10-25/h3,5-7,9-14,17-19H,1,4,8,15-16,20H2,2H3/b27-19-. The number of para-hydroxylation sites is 1. The summed E-state index contributed by atoms with van der Waals surface area (Å²) in [5.41, 5.74) is 2.64. The summed E-state index contributed by atoms with van der Waals surface area (Å²) in [5.74, 6) is 1.56. The van der Waals surface area contributed by atoms with Crippen LogP contribution in [0.3, 0.4) is 0 Å². The van der Waals surface area contributed by atoms with E-state index in [-0.39, 0.29) is 24.3 Å². The molecule has 0 radical (unpaired) electrons. The number of benzene rings is 3. The van der Waals surface area contributed by atoms with Gasteiger partial charge < -0.3 is 14.2 Å². The highest BCUT2D eigenvalue weighted by atomic mass is 79.9. The fraction of sp³-hybridized carbons (Fsp3) is 0.200. The van der Waals surface area contributed by atoms with Crippen molar-refractivity contribution < 1.29 is 23.8 Å². The quantitative estimate of drug-likeness (QED) is 0.162. The first-order chi connectivity index (χ1) is 18.5. The molecular formula is C30H28BrNO5S. The first-order valence-electron chi connectivity index (χ1n) is 12.2. The highest BCUT2D eigenvalue weighted by Crippen LogP contribution is 2.37. The third-order valence-electron chi connectivity index (χ3n) is 5.61. The molecule has 0 atom stereocenters. The second kappa shape index (κ2) is 13.3. The minimum Gasteiger partial charge on any atom is -0.492 e. The van der Waals surface area contributed by atoms with E-state index >= 15 is 0 Å². The highest BCUT2D eigenvalue weighted by molar-refractivity contribution is 9.10. The van der Waals surface area contributed by atoms with Gasteiger partial charge in [-0.05, 0) is 78.7 Å². The summed E-state index contributed by atoms with van der Waals surface area (Å²) in [4.78, 5) is 27.2. The normalized spacial score (nSPS) is 14.2. The summed E-state index contributed by atoms with van der Waals surface area (Å²) in [6.07, 6.45) is 4.06. The monoisotopic (exact) mass is 593 g/mol. The molecule has 4 rings (SSSR count). The molecule has 0 spiro atoms. The maximum absolute atomic E-state index is 13.0. The average Bonchev–Trinajstić information content (AvgIpc) is 3.17. The summed E-state index contributed by atoms with van der Waals surface area (Å²) in [5, 5.41) is -0.316. The van der Waals surface area contributed by atoms with Crippen LogP contribution in [0.4, 0.5) is 4.79 Å². The van der Waals surface area contributed by atoms with Crippen LogP contribution >= 0.6 is 27.7 Å². The maximum Gasteiger partial charge on any atom is 0.293 e. The van der Waals surface area contributed by atoms with Crippen LogP contribution < -0.4 is 14.2 Å².